The molecule has 2 heterocycles. The van der Waals surface area contributed by atoms with Crippen LogP contribution in [0.2, 0.25) is 0 Å². The highest BCUT2D eigenvalue weighted by Gasteiger charge is 2.38. The number of fused-ring (bicyclic) bond motifs is 3. The van der Waals surface area contributed by atoms with Gasteiger partial charge in [0.25, 0.3) is 0 Å². The summed E-state index contributed by atoms with van der Waals surface area (Å²) in [6.07, 6.45) is 23.4. The molecule has 0 radical (unpaired) electrons. The highest BCUT2D eigenvalue weighted by Crippen LogP contribution is 2.52. The first-order chi connectivity index (χ1) is 22.9. The monoisotopic (exact) mass is 663 g/mol. The summed E-state index contributed by atoms with van der Waals surface area (Å²) in [7, 11) is 0. The van der Waals surface area contributed by atoms with E-state index in [4.69, 9.17) is 14.2 Å². The number of allylic oxidation sites excluding steroid dienone is 4. The molecular weight excluding hydrogens is 596 g/mol. The largest absolute Gasteiger partial charge is 0.492 e. The lowest BCUT2D eigenvalue weighted by Crippen LogP contribution is -2.35. The van der Waals surface area contributed by atoms with Gasteiger partial charge in [0.2, 0.25) is 0 Å². The van der Waals surface area contributed by atoms with Gasteiger partial charge in [0.15, 0.2) is 5.78 Å². The summed E-state index contributed by atoms with van der Waals surface area (Å²) in [5.41, 5.74) is 3.73. The number of carbonyl (C=O) groups is 1. The van der Waals surface area contributed by atoms with E-state index < -0.39 is 11.2 Å². The van der Waals surface area contributed by atoms with Gasteiger partial charge in [-0.05, 0) is 157 Å². The van der Waals surface area contributed by atoms with E-state index in [1.54, 1.807) is 6.92 Å². The Morgan fingerprint density at radius 1 is 0.771 bits per heavy atom. The van der Waals surface area contributed by atoms with E-state index in [1.807, 2.05) is 0 Å². The molecule has 2 unspecified atom stereocenters. The van der Waals surface area contributed by atoms with Gasteiger partial charge in [0, 0.05) is 0 Å². The second-order valence-electron chi connectivity index (χ2n) is 14.7. The zero-order chi connectivity index (χ0) is 35.2. The highest BCUT2D eigenvalue weighted by molar-refractivity contribution is 6.04. The predicted octanol–water partition coefficient (Wildman–Crippen LogP) is 10.4. The van der Waals surface area contributed by atoms with E-state index in [-0.39, 0.29) is 5.78 Å². The first-order valence-corrected chi connectivity index (χ1v) is 18.8. The molecular formula is C42H66N2O4. The molecule has 0 bridgehead atoms. The Balaban J connectivity index is 1.78. The normalized spacial score (nSPS) is 19.3. The molecule has 0 spiro atoms. The number of ketones is 1. The van der Waals surface area contributed by atoms with Crippen molar-refractivity contribution in [1.82, 2.24) is 10.2 Å². The van der Waals surface area contributed by atoms with Gasteiger partial charge in [-0.2, -0.15) is 0 Å². The Morgan fingerprint density at radius 2 is 1.29 bits per heavy atom. The highest BCUT2D eigenvalue weighted by atomic mass is 16.5. The number of hydrogen-bond donors (Lipinski definition) is 1. The van der Waals surface area contributed by atoms with Crippen LogP contribution in [0.1, 0.15) is 148 Å². The zero-order valence-electron chi connectivity index (χ0n) is 31.9. The zero-order valence-corrected chi connectivity index (χ0v) is 31.9. The molecule has 1 aromatic carbocycles. The van der Waals surface area contributed by atoms with Crippen molar-refractivity contribution in [2.24, 2.45) is 0 Å². The topological polar surface area (TPSA) is 60.0 Å². The number of ether oxygens (including phenoxy) is 3. The Labute approximate surface area is 293 Å². The van der Waals surface area contributed by atoms with E-state index in [1.165, 1.54) is 49.9 Å². The van der Waals surface area contributed by atoms with Gasteiger partial charge in [-0.25, -0.2) is 0 Å². The van der Waals surface area contributed by atoms with Gasteiger partial charge < -0.3 is 24.4 Å². The molecule has 0 aromatic heterocycles. The number of carbonyl (C=O) groups excluding carboxylic acids is 1. The lowest BCUT2D eigenvalue weighted by molar-refractivity contribution is 0.0973. The Bertz CT molecular complexity index is 1310. The van der Waals surface area contributed by atoms with Gasteiger partial charge in [-0.3, -0.25) is 4.79 Å². The first-order valence-electron chi connectivity index (χ1n) is 18.8. The van der Waals surface area contributed by atoms with Crippen molar-refractivity contribution in [2.75, 3.05) is 39.3 Å². The van der Waals surface area contributed by atoms with E-state index in [9.17, 15) is 4.79 Å². The average Bonchev–Trinajstić information content (AvgIpc) is 3.02. The van der Waals surface area contributed by atoms with Gasteiger partial charge >= 0.3 is 0 Å². The fourth-order valence-corrected chi connectivity index (χ4v) is 6.35. The van der Waals surface area contributed by atoms with Crippen LogP contribution < -0.4 is 19.5 Å². The van der Waals surface area contributed by atoms with Crippen molar-refractivity contribution >= 4 is 17.9 Å². The molecule has 48 heavy (non-hydrogen) atoms. The fourth-order valence-electron chi connectivity index (χ4n) is 6.35. The molecule has 0 amide bonds. The molecule has 0 saturated heterocycles. The molecule has 2 aliphatic heterocycles. The summed E-state index contributed by atoms with van der Waals surface area (Å²) in [5, 5.41) is 3.61. The van der Waals surface area contributed by atoms with Crippen molar-refractivity contribution in [3.63, 3.8) is 0 Å². The van der Waals surface area contributed by atoms with Crippen molar-refractivity contribution in [3.8, 4) is 17.2 Å². The van der Waals surface area contributed by atoms with Crippen molar-refractivity contribution < 1.29 is 19.0 Å². The lowest BCUT2D eigenvalue weighted by Gasteiger charge is -2.38. The number of Topliss-reactive ketones (excluding diaryl/α,β-unsaturated/α-hetero) is 1. The molecule has 268 valence electrons. The number of nitrogens with zero attached hydrogens (tertiary/aromatic N) is 1. The number of nitrogens with one attached hydrogen (secondary N) is 1. The van der Waals surface area contributed by atoms with E-state index in [0.717, 1.165) is 75.0 Å². The smallest absolute Gasteiger partial charge is 0.167 e. The van der Waals surface area contributed by atoms with Crippen LogP contribution in [0.4, 0.5) is 0 Å². The minimum Gasteiger partial charge on any atom is -0.492 e. The maximum Gasteiger partial charge on any atom is 0.167 e. The second kappa shape index (κ2) is 19.4. The van der Waals surface area contributed by atoms with Gasteiger partial charge in [0.1, 0.15) is 34.0 Å². The van der Waals surface area contributed by atoms with Crippen LogP contribution in [0.5, 0.6) is 17.2 Å². The minimum absolute atomic E-state index is 0.0647. The van der Waals surface area contributed by atoms with E-state index in [2.05, 4.69) is 102 Å². The molecule has 6 nitrogen and oxygen atoms in total. The number of hydrogen-bond acceptors (Lipinski definition) is 6. The predicted molar refractivity (Wildman–Crippen MR) is 204 cm³/mol. The summed E-state index contributed by atoms with van der Waals surface area (Å²) >= 11 is 0. The third-order valence-electron chi connectivity index (χ3n) is 9.27. The molecule has 1 aromatic rings. The van der Waals surface area contributed by atoms with Crippen molar-refractivity contribution in [1.29, 1.82) is 0 Å². The third kappa shape index (κ3) is 11.9. The van der Waals surface area contributed by atoms with E-state index >= 15 is 0 Å². The van der Waals surface area contributed by atoms with Crippen LogP contribution in [-0.4, -0.2) is 61.2 Å². The molecule has 3 rings (SSSR count). The second-order valence-corrected chi connectivity index (χ2v) is 14.7. The standard InChI is InChI=1S/C42H66N2O4/c1-10-12-28-44(29-13-11-2)30-16-26-43-27-17-31-46-39-35-20-24-41(8,22-14-18-32(3)4)47-38(35)36-21-25-42(9,23-15-19-33(5)6)48-40(36)37(39)34(7)45/h18-21,24-25,43H,10-17,22-23,26-31H2,1-9H3. The summed E-state index contributed by atoms with van der Waals surface area (Å²) in [6, 6.07) is 0. The molecule has 0 aliphatic carbocycles. The maximum absolute atomic E-state index is 13.4. The Hall–Kier alpha value is -2.83. The summed E-state index contributed by atoms with van der Waals surface area (Å²) in [6.45, 7) is 24.8. The summed E-state index contributed by atoms with van der Waals surface area (Å²) in [5.74, 6) is 1.83. The van der Waals surface area contributed by atoms with Crippen LogP contribution >= 0.6 is 0 Å². The number of unbranched alkanes of at least 4 members (excludes halogenated alkanes) is 2. The Morgan fingerprint density at radius 3 is 1.83 bits per heavy atom. The summed E-state index contributed by atoms with van der Waals surface area (Å²) in [4.78, 5) is 16.0. The average molecular weight is 663 g/mol. The first kappa shape index (κ1) is 39.6. The SMILES string of the molecule is CCCCN(CCCC)CCCNCCCOc1c2c(c3c(c1C(C)=O)OC(C)(CCC=C(C)C)C=C3)OC(C)(CCC=C(C)C)C=C2. The number of rotatable bonds is 22. The Kier molecular flexibility index (Phi) is 16.0. The van der Waals surface area contributed by atoms with E-state index in [0.29, 0.717) is 23.7 Å². The van der Waals surface area contributed by atoms with Gasteiger partial charge in [-0.1, -0.05) is 50.0 Å². The van der Waals surface area contributed by atoms with Gasteiger partial charge in [-0.15, -0.1) is 0 Å². The molecule has 0 fully saturated rings. The molecule has 1 N–H and O–H groups in total. The van der Waals surface area contributed by atoms with Crippen LogP contribution in [0.25, 0.3) is 12.2 Å². The lowest BCUT2D eigenvalue weighted by atomic mass is 9.88. The van der Waals surface area contributed by atoms with Crippen LogP contribution in [0, 0.1) is 0 Å². The van der Waals surface area contributed by atoms with Crippen molar-refractivity contribution in [3.05, 3.63) is 52.1 Å². The van der Waals surface area contributed by atoms with Crippen LogP contribution in [-0.2, 0) is 0 Å². The minimum atomic E-state index is -0.543. The fraction of sp³-hybridized carbons (Fsp3) is 0.643. The quantitative estimate of drug-likeness (QED) is 0.0758. The van der Waals surface area contributed by atoms with Crippen molar-refractivity contribution in [2.45, 2.75) is 138 Å². The maximum atomic E-state index is 13.4. The molecule has 2 aliphatic rings. The van der Waals surface area contributed by atoms with Crippen LogP contribution in [0.3, 0.4) is 0 Å². The van der Waals surface area contributed by atoms with Gasteiger partial charge in [0.05, 0.1) is 17.7 Å². The summed E-state index contributed by atoms with van der Waals surface area (Å²) < 4.78 is 20.1. The molecule has 6 heteroatoms. The molecule has 2 atom stereocenters. The van der Waals surface area contributed by atoms with Crippen LogP contribution in [0.15, 0.2) is 35.5 Å². The third-order valence-corrected chi connectivity index (χ3v) is 9.27. The number of benzene rings is 1. The molecule has 0 saturated carbocycles.